The Kier molecular flexibility index (Phi) is 4.82. The lowest BCUT2D eigenvalue weighted by Crippen LogP contribution is -2.49. The highest BCUT2D eigenvalue weighted by molar-refractivity contribution is 6.32. The van der Waals surface area contributed by atoms with Crippen LogP contribution in [0.25, 0.3) is 4.85 Å². The summed E-state index contributed by atoms with van der Waals surface area (Å²) in [4.78, 5) is 10.4. The second-order valence-electron chi connectivity index (χ2n) is 6.98. The van der Waals surface area contributed by atoms with E-state index in [1.807, 2.05) is 12.3 Å². The van der Waals surface area contributed by atoms with Crippen molar-refractivity contribution in [2.45, 2.75) is 37.5 Å². The molecule has 0 bridgehead atoms. The second kappa shape index (κ2) is 7.24. The van der Waals surface area contributed by atoms with E-state index >= 15 is 0 Å². The monoisotopic (exact) mass is 368 g/mol. The van der Waals surface area contributed by atoms with Crippen molar-refractivity contribution in [3.8, 4) is 5.75 Å². The van der Waals surface area contributed by atoms with Gasteiger partial charge in [-0.05, 0) is 49.6 Å². The van der Waals surface area contributed by atoms with Gasteiger partial charge in [-0.2, -0.15) is 0 Å². The highest BCUT2D eigenvalue weighted by Gasteiger charge is 2.40. The van der Waals surface area contributed by atoms with Crippen LogP contribution in [0.5, 0.6) is 5.75 Å². The van der Waals surface area contributed by atoms with Gasteiger partial charge in [-0.25, -0.2) is 4.85 Å². The lowest BCUT2D eigenvalue weighted by molar-refractivity contribution is 0.0577. The molecule has 0 spiro atoms. The van der Waals surface area contributed by atoms with Crippen molar-refractivity contribution in [3.63, 3.8) is 0 Å². The summed E-state index contributed by atoms with van der Waals surface area (Å²) in [6.45, 7) is 9.02. The molecule has 1 aliphatic heterocycles. The van der Waals surface area contributed by atoms with Crippen LogP contribution < -0.4 is 10.5 Å². The average Bonchev–Trinajstić information content (AvgIpc) is 3.02. The molecule has 26 heavy (non-hydrogen) atoms. The van der Waals surface area contributed by atoms with Crippen LogP contribution in [0, 0.1) is 6.57 Å². The zero-order chi connectivity index (χ0) is 18.1. The van der Waals surface area contributed by atoms with E-state index in [-0.39, 0.29) is 18.2 Å². The summed E-state index contributed by atoms with van der Waals surface area (Å²) in [5.41, 5.74) is 8.90. The molecule has 1 aromatic heterocycles. The van der Waals surface area contributed by atoms with Crippen molar-refractivity contribution in [2.75, 3.05) is 13.1 Å². The fourth-order valence-electron chi connectivity index (χ4n) is 3.98. The minimum Gasteiger partial charge on any atom is -0.481 e. The summed E-state index contributed by atoms with van der Waals surface area (Å²) in [5, 5.41) is 0.456. The first-order valence-corrected chi connectivity index (χ1v) is 9.30. The van der Waals surface area contributed by atoms with Crippen LogP contribution in [0.2, 0.25) is 5.02 Å². The maximum atomic E-state index is 7.11. The summed E-state index contributed by atoms with van der Waals surface area (Å²) >= 11 is 6.35. The van der Waals surface area contributed by atoms with Crippen molar-refractivity contribution in [1.29, 1.82) is 0 Å². The molecule has 2 heterocycles. The maximum Gasteiger partial charge on any atom is 0.188 e. The summed E-state index contributed by atoms with van der Waals surface area (Å²) < 4.78 is 6.35. The number of nitrogens with two attached hydrogens (primary N) is 1. The van der Waals surface area contributed by atoms with Gasteiger partial charge in [0.1, 0.15) is 5.75 Å². The lowest BCUT2D eigenvalue weighted by atomic mass is 10.0. The van der Waals surface area contributed by atoms with Gasteiger partial charge in [0.25, 0.3) is 0 Å². The largest absolute Gasteiger partial charge is 0.481 e. The third kappa shape index (κ3) is 3.28. The third-order valence-corrected chi connectivity index (χ3v) is 5.53. The van der Waals surface area contributed by atoms with Gasteiger partial charge in [0.05, 0.1) is 23.3 Å². The Labute approximate surface area is 158 Å². The Morgan fingerprint density at radius 3 is 3.00 bits per heavy atom. The topological polar surface area (TPSA) is 55.7 Å². The zero-order valence-electron chi connectivity index (χ0n) is 14.4. The normalized spacial score (nSPS) is 25.5. The van der Waals surface area contributed by atoms with Crippen molar-refractivity contribution < 1.29 is 4.74 Å². The summed E-state index contributed by atoms with van der Waals surface area (Å²) in [6.07, 6.45) is 4.70. The van der Waals surface area contributed by atoms with E-state index in [0.717, 1.165) is 38.0 Å². The van der Waals surface area contributed by atoms with Gasteiger partial charge in [0.15, 0.2) is 11.8 Å². The minimum atomic E-state index is -0.187. The van der Waals surface area contributed by atoms with Crippen LogP contribution in [0.15, 0.2) is 36.5 Å². The third-order valence-electron chi connectivity index (χ3n) is 5.23. The molecule has 5 nitrogen and oxygen atoms in total. The van der Waals surface area contributed by atoms with E-state index in [9.17, 15) is 0 Å². The maximum absolute atomic E-state index is 7.11. The van der Waals surface area contributed by atoms with Crippen LogP contribution >= 0.6 is 11.6 Å². The van der Waals surface area contributed by atoms with E-state index in [0.29, 0.717) is 16.5 Å². The quantitative estimate of drug-likeness (QED) is 0.838. The van der Waals surface area contributed by atoms with Crippen molar-refractivity contribution in [2.24, 2.45) is 5.73 Å². The number of hydrogen-bond acceptors (Lipinski definition) is 4. The number of piperidine rings is 1. The predicted molar refractivity (Wildman–Crippen MR) is 102 cm³/mol. The Hall–Kier alpha value is -2.13. The number of halogens is 1. The van der Waals surface area contributed by atoms with Crippen LogP contribution in [0.3, 0.4) is 0 Å². The molecule has 0 unspecified atom stereocenters. The highest BCUT2D eigenvalue weighted by Crippen LogP contribution is 2.40. The van der Waals surface area contributed by atoms with Crippen LogP contribution in [-0.4, -0.2) is 35.1 Å². The van der Waals surface area contributed by atoms with E-state index in [2.05, 4.69) is 20.8 Å². The van der Waals surface area contributed by atoms with E-state index in [1.165, 1.54) is 5.56 Å². The number of pyridine rings is 1. The predicted octanol–water partition coefficient (Wildman–Crippen LogP) is 3.75. The average molecular weight is 369 g/mol. The molecule has 3 atom stereocenters. The number of likely N-dealkylation sites (tertiary alicyclic amines) is 1. The zero-order valence-corrected chi connectivity index (χ0v) is 15.2. The summed E-state index contributed by atoms with van der Waals surface area (Å²) in [6, 6.07) is 9.64. The SMILES string of the molecule is [C-]#[N+]c1ccc(O[C@@H]2c3ncccc3C[C@H]2N2CCC[C@@H](N)C2)c(Cl)c1. The molecule has 0 saturated carbocycles. The van der Waals surface area contributed by atoms with Crippen molar-refractivity contribution in [3.05, 3.63) is 64.2 Å². The summed E-state index contributed by atoms with van der Waals surface area (Å²) in [5.74, 6) is 0.592. The first-order chi connectivity index (χ1) is 12.7. The fraction of sp³-hybridized carbons (Fsp3) is 0.400. The van der Waals surface area contributed by atoms with Crippen molar-refractivity contribution >= 4 is 17.3 Å². The first-order valence-electron chi connectivity index (χ1n) is 8.93. The molecule has 134 valence electrons. The molecule has 1 aromatic carbocycles. The first kappa shape index (κ1) is 17.3. The number of nitrogens with zero attached hydrogens (tertiary/aromatic N) is 3. The molecule has 2 aliphatic rings. The summed E-state index contributed by atoms with van der Waals surface area (Å²) in [7, 11) is 0. The number of benzene rings is 1. The molecule has 1 saturated heterocycles. The van der Waals surface area contributed by atoms with Gasteiger partial charge in [-0.3, -0.25) is 9.88 Å². The van der Waals surface area contributed by atoms with E-state index < -0.39 is 0 Å². The van der Waals surface area contributed by atoms with E-state index in [1.54, 1.807) is 18.2 Å². The van der Waals surface area contributed by atoms with Gasteiger partial charge in [0, 0.05) is 18.8 Å². The molecular formula is C20H21ClN4O. The van der Waals surface area contributed by atoms with Gasteiger partial charge in [0.2, 0.25) is 0 Å². The Morgan fingerprint density at radius 2 is 2.23 bits per heavy atom. The van der Waals surface area contributed by atoms with Crippen LogP contribution in [0.4, 0.5) is 5.69 Å². The number of rotatable bonds is 3. The Bertz CT molecular complexity index is 850. The second-order valence-corrected chi connectivity index (χ2v) is 7.39. The van der Waals surface area contributed by atoms with Gasteiger partial charge in [-0.1, -0.05) is 23.7 Å². The molecule has 1 fully saturated rings. The van der Waals surface area contributed by atoms with Crippen LogP contribution in [0.1, 0.15) is 30.2 Å². The minimum absolute atomic E-state index is 0.187. The molecule has 6 heteroatoms. The number of ether oxygens (including phenoxy) is 1. The lowest BCUT2D eigenvalue weighted by Gasteiger charge is -2.37. The Balaban J connectivity index is 1.64. The standard InChI is InChI=1S/C20H21ClN4O/c1-23-15-6-7-18(16(21)11-15)26-20-17(25-9-3-5-14(22)12-25)10-13-4-2-8-24-19(13)20/h2,4,6-8,11,14,17,20H,3,5,9-10,12,22H2/t14-,17-,20+/m1/s1. The van der Waals surface area contributed by atoms with Crippen molar-refractivity contribution in [1.82, 2.24) is 9.88 Å². The fourth-order valence-corrected chi connectivity index (χ4v) is 4.20. The van der Waals surface area contributed by atoms with Gasteiger partial charge >= 0.3 is 0 Å². The van der Waals surface area contributed by atoms with E-state index in [4.69, 9.17) is 28.6 Å². The smallest absolute Gasteiger partial charge is 0.188 e. The molecule has 0 amide bonds. The highest BCUT2D eigenvalue weighted by atomic mass is 35.5. The molecule has 2 aromatic rings. The molecule has 2 N–H and O–H groups in total. The number of aromatic nitrogens is 1. The number of hydrogen-bond donors (Lipinski definition) is 1. The van der Waals surface area contributed by atoms with Gasteiger partial charge < -0.3 is 10.5 Å². The molecular weight excluding hydrogens is 348 g/mol. The molecule has 1 aliphatic carbocycles. The molecule has 0 radical (unpaired) electrons. The van der Waals surface area contributed by atoms with Gasteiger partial charge in [-0.15, -0.1) is 0 Å². The van der Waals surface area contributed by atoms with Crippen LogP contribution in [-0.2, 0) is 6.42 Å². The number of fused-ring (bicyclic) bond motifs is 1. The Morgan fingerprint density at radius 1 is 1.35 bits per heavy atom. The molecule has 4 rings (SSSR count).